The normalized spacial score (nSPS) is 10.1. The molecule has 0 aromatic carbocycles. The summed E-state index contributed by atoms with van der Waals surface area (Å²) in [6.07, 6.45) is 0.338. The van der Waals surface area contributed by atoms with E-state index >= 15 is 0 Å². The largest absolute Gasteiger partial charge is 0.461 e. The lowest BCUT2D eigenvalue weighted by Crippen LogP contribution is -2.32. The molecule has 1 amide bonds. The number of anilines is 1. The Morgan fingerprint density at radius 1 is 1.29 bits per heavy atom. The number of ether oxygens (including phenoxy) is 1. The quantitative estimate of drug-likeness (QED) is 0.607. The van der Waals surface area contributed by atoms with Gasteiger partial charge < -0.3 is 14.5 Å². The number of thiocarbonyl (C=S) groups is 1. The summed E-state index contributed by atoms with van der Waals surface area (Å²) in [6, 6.07) is 0. The highest BCUT2D eigenvalue weighted by atomic mass is 32.1. The van der Waals surface area contributed by atoms with Gasteiger partial charge in [-0.3, -0.25) is 4.79 Å². The first-order chi connectivity index (χ1) is 9.83. The molecule has 116 valence electrons. The van der Waals surface area contributed by atoms with Gasteiger partial charge in [-0.05, 0) is 6.92 Å². The van der Waals surface area contributed by atoms with Crippen molar-refractivity contribution in [3.63, 3.8) is 0 Å². The second kappa shape index (κ2) is 7.46. The van der Waals surface area contributed by atoms with Crippen molar-refractivity contribution in [2.45, 2.75) is 20.3 Å². The Balaban J connectivity index is 3.23. The molecule has 0 aliphatic carbocycles. The molecular formula is C13H19N3O3S2. The van der Waals surface area contributed by atoms with Crippen molar-refractivity contribution in [3.8, 4) is 0 Å². The van der Waals surface area contributed by atoms with E-state index in [4.69, 9.17) is 17.0 Å². The molecule has 1 rings (SSSR count). The molecule has 1 aromatic rings. The van der Waals surface area contributed by atoms with Gasteiger partial charge in [0.2, 0.25) is 5.91 Å². The van der Waals surface area contributed by atoms with Gasteiger partial charge in [-0.25, -0.2) is 9.78 Å². The van der Waals surface area contributed by atoms with Crippen molar-refractivity contribution in [2.24, 2.45) is 0 Å². The highest BCUT2D eigenvalue weighted by molar-refractivity contribution is 7.81. The zero-order valence-electron chi connectivity index (χ0n) is 12.8. The lowest BCUT2D eigenvalue weighted by Gasteiger charge is -2.16. The molecule has 0 atom stereocenters. The fourth-order valence-electron chi connectivity index (χ4n) is 1.49. The summed E-state index contributed by atoms with van der Waals surface area (Å²) in [5.41, 5.74) is 0.159. The fourth-order valence-corrected chi connectivity index (χ4v) is 2.76. The van der Waals surface area contributed by atoms with Gasteiger partial charge in [-0.1, -0.05) is 30.5 Å². The highest BCUT2D eigenvalue weighted by Gasteiger charge is 2.26. The molecule has 21 heavy (non-hydrogen) atoms. The smallest absolute Gasteiger partial charge is 0.358 e. The van der Waals surface area contributed by atoms with E-state index in [1.54, 1.807) is 25.8 Å². The number of rotatable bonds is 5. The average molecular weight is 329 g/mol. The summed E-state index contributed by atoms with van der Waals surface area (Å²) in [5.74, 6) is -0.647. The van der Waals surface area contributed by atoms with E-state index < -0.39 is 5.97 Å². The minimum Gasteiger partial charge on any atom is -0.461 e. The van der Waals surface area contributed by atoms with Crippen molar-refractivity contribution in [1.29, 1.82) is 0 Å². The Hall–Kier alpha value is -1.54. The predicted octanol–water partition coefficient (Wildman–Crippen LogP) is 1.93. The highest BCUT2D eigenvalue weighted by Crippen LogP contribution is 2.27. The Labute approximate surface area is 133 Å². The molecule has 0 bridgehead atoms. The van der Waals surface area contributed by atoms with Gasteiger partial charge in [0.05, 0.1) is 11.5 Å². The first-order valence-corrected chi connectivity index (χ1v) is 7.72. The van der Waals surface area contributed by atoms with Crippen LogP contribution in [0.3, 0.4) is 0 Å². The minimum absolute atomic E-state index is 0.116. The maximum absolute atomic E-state index is 12.0. The van der Waals surface area contributed by atoms with Crippen LogP contribution in [0.15, 0.2) is 0 Å². The van der Waals surface area contributed by atoms with Gasteiger partial charge in [0.15, 0.2) is 10.8 Å². The van der Waals surface area contributed by atoms with Crippen molar-refractivity contribution in [2.75, 3.05) is 32.6 Å². The van der Waals surface area contributed by atoms with Crippen molar-refractivity contribution in [1.82, 2.24) is 9.88 Å². The lowest BCUT2D eigenvalue weighted by molar-refractivity contribution is -0.125. The summed E-state index contributed by atoms with van der Waals surface area (Å²) in [4.78, 5) is 32.0. The fraction of sp³-hybridized carbons (Fsp3) is 0.538. The van der Waals surface area contributed by atoms with Crippen LogP contribution >= 0.6 is 23.6 Å². The van der Waals surface area contributed by atoms with Gasteiger partial charge in [0.25, 0.3) is 0 Å². The van der Waals surface area contributed by atoms with Crippen LogP contribution in [-0.2, 0) is 9.53 Å². The molecule has 0 saturated heterocycles. The standard InChI is InChI=1S/C13H19N3O3S2/c1-6-8(17)16(5)11(20)10-9(12(18)19-7-2)14-13(21-10)15(3)4/h6-7H2,1-5H3. The van der Waals surface area contributed by atoms with E-state index in [0.717, 1.165) is 0 Å². The molecule has 1 aromatic heterocycles. The number of carbonyl (C=O) groups is 2. The van der Waals surface area contributed by atoms with Crippen LogP contribution in [0.25, 0.3) is 0 Å². The van der Waals surface area contributed by atoms with Crippen LogP contribution in [0.5, 0.6) is 0 Å². The Morgan fingerprint density at radius 3 is 2.38 bits per heavy atom. The second-order valence-corrected chi connectivity index (χ2v) is 5.76. The number of esters is 1. The van der Waals surface area contributed by atoms with Gasteiger partial charge >= 0.3 is 5.97 Å². The molecule has 6 nitrogen and oxygen atoms in total. The van der Waals surface area contributed by atoms with Crippen molar-refractivity contribution in [3.05, 3.63) is 10.6 Å². The topological polar surface area (TPSA) is 62.7 Å². The molecule has 1 heterocycles. The van der Waals surface area contributed by atoms with Crippen LogP contribution in [0, 0.1) is 0 Å². The van der Waals surface area contributed by atoms with E-state index in [1.165, 1.54) is 16.2 Å². The van der Waals surface area contributed by atoms with E-state index in [0.29, 0.717) is 16.4 Å². The van der Waals surface area contributed by atoms with Crippen LogP contribution in [-0.4, -0.2) is 54.5 Å². The number of amides is 1. The van der Waals surface area contributed by atoms with E-state index in [-0.39, 0.29) is 23.2 Å². The molecule has 0 fully saturated rings. The summed E-state index contributed by atoms with van der Waals surface area (Å²) in [7, 11) is 5.24. The summed E-state index contributed by atoms with van der Waals surface area (Å²) >= 11 is 6.59. The number of thiazole rings is 1. The number of hydrogen-bond acceptors (Lipinski definition) is 7. The Morgan fingerprint density at radius 2 is 1.90 bits per heavy atom. The summed E-state index contributed by atoms with van der Waals surface area (Å²) in [5, 5.41) is 0.632. The first kappa shape index (κ1) is 17.5. The number of aromatic nitrogens is 1. The van der Waals surface area contributed by atoms with Crippen LogP contribution in [0.2, 0.25) is 0 Å². The van der Waals surface area contributed by atoms with E-state index in [1.807, 2.05) is 14.1 Å². The van der Waals surface area contributed by atoms with Crippen LogP contribution < -0.4 is 4.90 Å². The maximum atomic E-state index is 12.0. The van der Waals surface area contributed by atoms with Crippen molar-refractivity contribution >= 4 is 45.6 Å². The molecule has 0 N–H and O–H groups in total. The number of nitrogens with zero attached hydrogens (tertiary/aromatic N) is 3. The van der Waals surface area contributed by atoms with Crippen LogP contribution in [0.1, 0.15) is 35.6 Å². The third kappa shape index (κ3) is 3.98. The zero-order valence-corrected chi connectivity index (χ0v) is 14.4. The van der Waals surface area contributed by atoms with Crippen molar-refractivity contribution < 1.29 is 14.3 Å². The molecule has 0 aliphatic heterocycles. The van der Waals surface area contributed by atoms with Gasteiger partial charge in [0.1, 0.15) is 4.99 Å². The molecule has 0 unspecified atom stereocenters. The minimum atomic E-state index is -0.531. The SMILES string of the molecule is CCOC(=O)c1nc(N(C)C)sc1C(=S)N(C)C(=O)CC. The van der Waals surface area contributed by atoms with Crippen LogP contribution in [0.4, 0.5) is 5.13 Å². The average Bonchev–Trinajstić information content (AvgIpc) is 2.90. The third-order valence-corrected chi connectivity index (χ3v) is 4.48. The van der Waals surface area contributed by atoms with Gasteiger partial charge in [-0.2, -0.15) is 0 Å². The Bertz CT molecular complexity index is 555. The monoisotopic (exact) mass is 329 g/mol. The van der Waals surface area contributed by atoms with Gasteiger partial charge in [0, 0.05) is 27.6 Å². The second-order valence-electron chi connectivity index (χ2n) is 4.40. The number of carbonyl (C=O) groups excluding carboxylic acids is 2. The molecule has 8 heteroatoms. The lowest BCUT2D eigenvalue weighted by atomic mass is 10.3. The molecule has 0 spiro atoms. The molecule has 0 saturated carbocycles. The molecule has 0 aliphatic rings. The van der Waals surface area contributed by atoms with E-state index in [9.17, 15) is 9.59 Å². The predicted molar refractivity (Wildman–Crippen MR) is 87.2 cm³/mol. The van der Waals surface area contributed by atoms with Gasteiger partial charge in [-0.15, -0.1) is 0 Å². The Kier molecular flexibility index (Phi) is 6.22. The van der Waals surface area contributed by atoms with E-state index in [2.05, 4.69) is 4.98 Å². The summed E-state index contributed by atoms with van der Waals surface area (Å²) < 4.78 is 5.00. The zero-order chi connectivity index (χ0) is 16.2. The third-order valence-electron chi connectivity index (χ3n) is 2.64. The maximum Gasteiger partial charge on any atom is 0.358 e. The summed E-state index contributed by atoms with van der Waals surface area (Å²) in [6.45, 7) is 3.73. The number of hydrogen-bond donors (Lipinski definition) is 0. The molecule has 0 radical (unpaired) electrons. The first-order valence-electron chi connectivity index (χ1n) is 6.49. The molecular weight excluding hydrogens is 310 g/mol.